The van der Waals surface area contributed by atoms with Crippen molar-refractivity contribution >= 4 is 23.2 Å². The zero-order valence-electron chi connectivity index (χ0n) is 15.1. The van der Waals surface area contributed by atoms with E-state index in [0.717, 1.165) is 24.3 Å². The first-order valence-electron chi connectivity index (χ1n) is 8.46. The first-order valence-corrected chi connectivity index (χ1v) is 9.34. The first kappa shape index (κ1) is 20.4. The Bertz CT molecular complexity index is 568. The van der Waals surface area contributed by atoms with E-state index in [-0.39, 0.29) is 5.70 Å². The van der Waals surface area contributed by atoms with Crippen LogP contribution in [0.5, 0.6) is 0 Å². The zero-order chi connectivity index (χ0) is 18.1. The van der Waals surface area contributed by atoms with Gasteiger partial charge in [0.2, 0.25) is 0 Å². The quantitative estimate of drug-likeness (QED) is 0.504. The van der Waals surface area contributed by atoms with Gasteiger partial charge in [0.25, 0.3) is 5.91 Å². The van der Waals surface area contributed by atoms with Gasteiger partial charge in [0, 0.05) is 11.3 Å². The average Bonchev–Trinajstić information content (AvgIpc) is 3.07. The number of nitrogens with one attached hydrogen (secondary N) is 1. The topological polar surface area (TPSA) is 68.3 Å². The maximum atomic E-state index is 12.1. The lowest BCUT2D eigenvalue weighted by Crippen LogP contribution is -2.27. The van der Waals surface area contributed by atoms with Gasteiger partial charge < -0.3 is 10.1 Å². The van der Waals surface area contributed by atoms with Gasteiger partial charge in [-0.1, -0.05) is 46.6 Å². The first-order chi connectivity index (χ1) is 11.4. The fourth-order valence-electron chi connectivity index (χ4n) is 2.38. The summed E-state index contributed by atoms with van der Waals surface area (Å²) in [6.45, 7) is 10.1. The molecule has 2 atom stereocenters. The molecule has 1 aromatic rings. The molecule has 0 spiro atoms. The number of esters is 1. The van der Waals surface area contributed by atoms with Gasteiger partial charge in [-0.15, -0.1) is 11.3 Å². The highest BCUT2D eigenvalue weighted by Gasteiger charge is 2.20. The highest BCUT2D eigenvalue weighted by atomic mass is 32.1. The second-order valence-electron chi connectivity index (χ2n) is 6.07. The Balaban J connectivity index is 2.74. The van der Waals surface area contributed by atoms with Gasteiger partial charge in [-0.25, -0.2) is 9.78 Å². The van der Waals surface area contributed by atoms with Crippen LogP contribution in [0.2, 0.25) is 0 Å². The van der Waals surface area contributed by atoms with Gasteiger partial charge in [-0.3, -0.25) is 4.79 Å². The fourth-order valence-corrected chi connectivity index (χ4v) is 3.36. The molecular weight excluding hydrogens is 324 g/mol. The maximum absolute atomic E-state index is 12.1. The van der Waals surface area contributed by atoms with Crippen LogP contribution in [-0.4, -0.2) is 24.0 Å². The third kappa shape index (κ3) is 6.07. The van der Waals surface area contributed by atoms with Crippen LogP contribution in [0.25, 0.3) is 0 Å². The van der Waals surface area contributed by atoms with Gasteiger partial charge >= 0.3 is 5.97 Å². The summed E-state index contributed by atoms with van der Waals surface area (Å²) in [6, 6.07) is 0. The highest BCUT2D eigenvalue weighted by molar-refractivity contribution is 7.09. The number of nitrogens with zero attached hydrogens (tertiary/aromatic N) is 1. The molecule has 0 saturated heterocycles. The molecule has 1 rings (SSSR count). The summed E-state index contributed by atoms with van der Waals surface area (Å²) in [4.78, 5) is 27.9. The van der Waals surface area contributed by atoms with E-state index in [2.05, 4.69) is 42.4 Å². The van der Waals surface area contributed by atoms with Gasteiger partial charge in [0.05, 0.1) is 12.1 Å². The summed E-state index contributed by atoms with van der Waals surface area (Å²) in [5.74, 6) is 0.0103. The second kappa shape index (κ2) is 10.2. The number of aromatic nitrogens is 1. The van der Waals surface area contributed by atoms with Crippen LogP contribution in [0, 0.1) is 5.92 Å². The predicted octanol–water partition coefficient (Wildman–Crippen LogP) is 4.27. The van der Waals surface area contributed by atoms with E-state index in [1.165, 1.54) is 31.3 Å². The molecule has 1 N–H and O–H groups in total. The number of ether oxygens (including phenoxy) is 1. The van der Waals surface area contributed by atoms with Gasteiger partial charge in [-0.05, 0) is 18.8 Å². The minimum Gasteiger partial charge on any atom is -0.464 e. The van der Waals surface area contributed by atoms with Crippen LogP contribution in [0.15, 0.2) is 17.7 Å². The molecular formula is C18H28N2O3S. The number of carbonyl (C=O) groups is 2. The molecule has 2 unspecified atom stereocenters. The summed E-state index contributed by atoms with van der Waals surface area (Å²) >= 11 is 1.51. The number of thiazole rings is 1. The number of methoxy groups -OCH3 is 1. The molecule has 1 aromatic heterocycles. The Morgan fingerprint density at radius 2 is 2.04 bits per heavy atom. The van der Waals surface area contributed by atoms with Crippen molar-refractivity contribution in [1.82, 2.24) is 10.3 Å². The van der Waals surface area contributed by atoms with Crippen LogP contribution in [0.4, 0.5) is 0 Å². The number of hydrogen-bond acceptors (Lipinski definition) is 5. The molecule has 5 nitrogen and oxygen atoms in total. The Hall–Kier alpha value is -1.69. The molecule has 6 heteroatoms. The van der Waals surface area contributed by atoms with Crippen molar-refractivity contribution in [2.45, 2.75) is 58.8 Å². The molecule has 0 aliphatic carbocycles. The van der Waals surface area contributed by atoms with Crippen molar-refractivity contribution in [1.29, 1.82) is 0 Å². The van der Waals surface area contributed by atoms with Crippen molar-refractivity contribution in [2.24, 2.45) is 5.92 Å². The molecule has 0 aliphatic rings. The van der Waals surface area contributed by atoms with Crippen LogP contribution >= 0.6 is 11.3 Å². The lowest BCUT2D eigenvalue weighted by molar-refractivity contribution is -0.136. The third-order valence-electron chi connectivity index (χ3n) is 4.14. The maximum Gasteiger partial charge on any atom is 0.353 e. The Morgan fingerprint density at radius 1 is 1.33 bits per heavy atom. The van der Waals surface area contributed by atoms with Crippen molar-refractivity contribution in [2.75, 3.05) is 7.11 Å². The normalized spacial score (nSPS) is 13.2. The zero-order valence-corrected chi connectivity index (χ0v) is 15.9. The van der Waals surface area contributed by atoms with Gasteiger partial charge in [0.15, 0.2) is 0 Å². The average molecular weight is 353 g/mol. The number of rotatable bonds is 10. The molecule has 24 heavy (non-hydrogen) atoms. The molecule has 0 saturated carbocycles. The van der Waals surface area contributed by atoms with Crippen LogP contribution in [0.1, 0.15) is 74.3 Å². The van der Waals surface area contributed by atoms with Crippen LogP contribution in [0.3, 0.4) is 0 Å². The molecule has 1 amide bonds. The molecule has 0 radical (unpaired) electrons. The smallest absolute Gasteiger partial charge is 0.353 e. The molecule has 0 aromatic carbocycles. The monoisotopic (exact) mass is 352 g/mol. The molecule has 1 heterocycles. The second-order valence-corrected chi connectivity index (χ2v) is 6.96. The lowest BCUT2D eigenvalue weighted by Gasteiger charge is -2.16. The molecule has 134 valence electrons. The molecule has 0 aliphatic heterocycles. The predicted molar refractivity (Wildman–Crippen MR) is 97.1 cm³/mol. The van der Waals surface area contributed by atoms with Gasteiger partial charge in [0.1, 0.15) is 11.4 Å². The lowest BCUT2D eigenvalue weighted by atomic mass is 9.93. The Labute approximate surface area is 148 Å². The summed E-state index contributed by atoms with van der Waals surface area (Å²) in [5.41, 5.74) is 0.239. The van der Waals surface area contributed by atoms with Crippen molar-refractivity contribution < 1.29 is 14.3 Å². The van der Waals surface area contributed by atoms with E-state index in [9.17, 15) is 9.59 Å². The van der Waals surface area contributed by atoms with Crippen molar-refractivity contribution in [3.63, 3.8) is 0 Å². The molecule has 0 fully saturated rings. The summed E-state index contributed by atoms with van der Waals surface area (Å²) in [7, 11) is 1.24. The van der Waals surface area contributed by atoms with Crippen LogP contribution < -0.4 is 5.32 Å². The minimum atomic E-state index is -0.656. The number of carbonyl (C=O) groups excluding carboxylic acids is 2. The van der Waals surface area contributed by atoms with E-state index in [1.807, 2.05) is 0 Å². The fraction of sp³-hybridized carbons (Fsp3) is 0.611. The van der Waals surface area contributed by atoms with Crippen molar-refractivity contribution in [3.8, 4) is 0 Å². The summed E-state index contributed by atoms with van der Waals surface area (Å²) in [5, 5.41) is 5.16. The molecule has 0 bridgehead atoms. The largest absolute Gasteiger partial charge is 0.464 e. The number of amides is 1. The van der Waals surface area contributed by atoms with E-state index < -0.39 is 11.9 Å². The Kier molecular flexibility index (Phi) is 8.68. The summed E-state index contributed by atoms with van der Waals surface area (Å²) in [6.07, 6.45) is 5.60. The van der Waals surface area contributed by atoms with Crippen LogP contribution in [-0.2, 0) is 9.53 Å². The van der Waals surface area contributed by atoms with Gasteiger partial charge in [-0.2, -0.15) is 0 Å². The Morgan fingerprint density at radius 3 is 2.62 bits per heavy atom. The van der Waals surface area contributed by atoms with Crippen molar-refractivity contribution in [3.05, 3.63) is 28.4 Å². The number of hydrogen-bond donors (Lipinski definition) is 1. The standard InChI is InChI=1S/C18H28N2O3S/c1-6-8-14(10-9-12(3)7-2)17-20-15(11-24-17)16(21)19-13(4)18(22)23-5/h11-12,14H,4,6-10H2,1-3,5H3,(H,19,21). The minimum absolute atomic E-state index is 0.0843. The summed E-state index contributed by atoms with van der Waals surface area (Å²) < 4.78 is 4.52. The third-order valence-corrected chi connectivity index (χ3v) is 5.15. The SMILES string of the molecule is C=C(NC(=O)c1csc(C(CCC)CCC(C)CC)n1)C(=O)OC. The van der Waals surface area contributed by atoms with E-state index in [1.54, 1.807) is 5.38 Å². The van der Waals surface area contributed by atoms with E-state index >= 15 is 0 Å². The highest BCUT2D eigenvalue weighted by Crippen LogP contribution is 2.30. The van der Waals surface area contributed by atoms with E-state index in [0.29, 0.717) is 17.5 Å². The van der Waals surface area contributed by atoms with E-state index in [4.69, 9.17) is 0 Å².